The monoisotopic (exact) mass is 235 g/mol. The molecule has 0 aliphatic rings. The summed E-state index contributed by atoms with van der Waals surface area (Å²) in [5.74, 6) is -0.634. The predicted molar refractivity (Wildman–Crippen MR) is 66.7 cm³/mol. The molecule has 92 valence electrons. The third-order valence-corrected chi connectivity index (χ3v) is 2.62. The maximum atomic E-state index is 11.8. The summed E-state index contributed by atoms with van der Waals surface area (Å²) in [5, 5.41) is 5.65. The molecule has 0 radical (unpaired) electrons. The minimum absolute atomic E-state index is 0.146. The Morgan fingerprint density at radius 2 is 1.71 bits per heavy atom. The van der Waals surface area contributed by atoms with E-state index >= 15 is 0 Å². The SMILES string of the molecule is CNC(C)(C)C(=O)Nc1ccc(C(N)=O)cc1. The van der Waals surface area contributed by atoms with Crippen LogP contribution in [-0.4, -0.2) is 24.4 Å². The number of carbonyl (C=O) groups is 2. The van der Waals surface area contributed by atoms with E-state index in [4.69, 9.17) is 5.73 Å². The molecule has 0 saturated carbocycles. The summed E-state index contributed by atoms with van der Waals surface area (Å²) in [6, 6.07) is 6.43. The molecule has 1 aromatic carbocycles. The van der Waals surface area contributed by atoms with Crippen molar-refractivity contribution in [3.05, 3.63) is 29.8 Å². The standard InChI is InChI=1S/C12H17N3O2/c1-12(2,14-3)11(17)15-9-6-4-8(5-7-9)10(13)16/h4-7,14H,1-3H3,(H2,13,16)(H,15,17). The number of primary amides is 1. The van der Waals surface area contributed by atoms with Gasteiger partial charge < -0.3 is 16.4 Å². The first-order valence-electron chi connectivity index (χ1n) is 5.27. The van der Waals surface area contributed by atoms with Crippen LogP contribution in [0.15, 0.2) is 24.3 Å². The Morgan fingerprint density at radius 3 is 2.12 bits per heavy atom. The number of hydrogen-bond donors (Lipinski definition) is 3. The average Bonchev–Trinajstić information content (AvgIpc) is 2.29. The fourth-order valence-electron chi connectivity index (χ4n) is 1.12. The summed E-state index contributed by atoms with van der Waals surface area (Å²) in [6.07, 6.45) is 0. The lowest BCUT2D eigenvalue weighted by Gasteiger charge is -2.22. The second kappa shape index (κ2) is 4.97. The van der Waals surface area contributed by atoms with Crippen LogP contribution in [0.25, 0.3) is 0 Å². The highest BCUT2D eigenvalue weighted by molar-refractivity contribution is 5.98. The predicted octanol–water partition coefficient (Wildman–Crippen LogP) is 0.722. The van der Waals surface area contributed by atoms with Crippen LogP contribution < -0.4 is 16.4 Å². The van der Waals surface area contributed by atoms with Crippen molar-refractivity contribution >= 4 is 17.5 Å². The van der Waals surface area contributed by atoms with Crippen molar-refractivity contribution in [3.63, 3.8) is 0 Å². The number of nitrogens with one attached hydrogen (secondary N) is 2. The molecule has 0 atom stereocenters. The van der Waals surface area contributed by atoms with Gasteiger partial charge in [-0.2, -0.15) is 0 Å². The van der Waals surface area contributed by atoms with Gasteiger partial charge in [0.2, 0.25) is 11.8 Å². The van der Waals surface area contributed by atoms with Gasteiger partial charge in [-0.25, -0.2) is 0 Å². The van der Waals surface area contributed by atoms with Crippen molar-refractivity contribution in [2.45, 2.75) is 19.4 Å². The molecule has 1 aromatic rings. The highest BCUT2D eigenvalue weighted by Crippen LogP contribution is 2.12. The van der Waals surface area contributed by atoms with Crippen molar-refractivity contribution in [1.82, 2.24) is 5.32 Å². The van der Waals surface area contributed by atoms with Crippen molar-refractivity contribution in [2.75, 3.05) is 12.4 Å². The van der Waals surface area contributed by atoms with Crippen molar-refractivity contribution < 1.29 is 9.59 Å². The fraction of sp³-hybridized carbons (Fsp3) is 0.333. The van der Waals surface area contributed by atoms with Crippen LogP contribution >= 0.6 is 0 Å². The zero-order valence-corrected chi connectivity index (χ0v) is 10.2. The number of carbonyl (C=O) groups excluding carboxylic acids is 2. The molecule has 5 nitrogen and oxygen atoms in total. The van der Waals surface area contributed by atoms with E-state index in [0.29, 0.717) is 11.3 Å². The van der Waals surface area contributed by atoms with Crippen LogP contribution in [0.5, 0.6) is 0 Å². The van der Waals surface area contributed by atoms with Gasteiger partial charge in [-0.05, 0) is 45.2 Å². The number of anilines is 1. The molecule has 0 aliphatic heterocycles. The summed E-state index contributed by atoms with van der Waals surface area (Å²) in [5.41, 5.74) is 5.51. The van der Waals surface area contributed by atoms with Crippen molar-refractivity contribution in [2.24, 2.45) is 5.73 Å². The quantitative estimate of drug-likeness (QED) is 0.719. The zero-order chi connectivity index (χ0) is 13.1. The van der Waals surface area contributed by atoms with Crippen LogP contribution in [0.3, 0.4) is 0 Å². The molecule has 0 aromatic heterocycles. The van der Waals surface area contributed by atoms with Gasteiger partial charge in [-0.1, -0.05) is 0 Å². The Hall–Kier alpha value is -1.88. The van der Waals surface area contributed by atoms with E-state index in [1.54, 1.807) is 45.2 Å². The summed E-state index contributed by atoms with van der Waals surface area (Å²) >= 11 is 0. The third kappa shape index (κ3) is 3.29. The van der Waals surface area contributed by atoms with E-state index in [0.717, 1.165) is 0 Å². The molecule has 5 heteroatoms. The molecule has 2 amide bonds. The van der Waals surface area contributed by atoms with Gasteiger partial charge in [-0.15, -0.1) is 0 Å². The first kappa shape index (κ1) is 13.2. The number of likely N-dealkylation sites (N-methyl/N-ethyl adjacent to an activating group) is 1. The summed E-state index contributed by atoms with van der Waals surface area (Å²) in [6.45, 7) is 3.56. The fourth-order valence-corrected chi connectivity index (χ4v) is 1.12. The highest BCUT2D eigenvalue weighted by Gasteiger charge is 2.24. The van der Waals surface area contributed by atoms with Crippen LogP contribution in [0.1, 0.15) is 24.2 Å². The van der Waals surface area contributed by atoms with Crippen LogP contribution in [0.4, 0.5) is 5.69 Å². The third-order valence-electron chi connectivity index (χ3n) is 2.62. The van der Waals surface area contributed by atoms with Crippen LogP contribution in [-0.2, 0) is 4.79 Å². The molecule has 0 bridgehead atoms. The number of nitrogens with two attached hydrogens (primary N) is 1. The molecule has 0 unspecified atom stereocenters. The second-order valence-corrected chi connectivity index (χ2v) is 4.27. The van der Waals surface area contributed by atoms with E-state index < -0.39 is 11.4 Å². The number of hydrogen-bond acceptors (Lipinski definition) is 3. The van der Waals surface area contributed by atoms with Gasteiger partial charge in [0, 0.05) is 11.3 Å². The Labute approximate surface area is 100 Å². The van der Waals surface area contributed by atoms with Gasteiger partial charge >= 0.3 is 0 Å². The van der Waals surface area contributed by atoms with Gasteiger partial charge in [0.05, 0.1) is 5.54 Å². The van der Waals surface area contributed by atoms with E-state index in [1.807, 2.05) is 0 Å². The Balaban J connectivity index is 2.76. The van der Waals surface area contributed by atoms with Gasteiger partial charge in [0.25, 0.3) is 0 Å². The topological polar surface area (TPSA) is 84.2 Å². The van der Waals surface area contributed by atoms with Crippen molar-refractivity contribution in [3.8, 4) is 0 Å². The Kier molecular flexibility index (Phi) is 3.85. The average molecular weight is 235 g/mol. The zero-order valence-electron chi connectivity index (χ0n) is 10.2. The molecule has 0 aliphatic carbocycles. The highest BCUT2D eigenvalue weighted by atomic mass is 16.2. The number of rotatable bonds is 4. The molecule has 4 N–H and O–H groups in total. The molecule has 1 rings (SSSR count). The van der Waals surface area contributed by atoms with Gasteiger partial charge in [0.1, 0.15) is 0 Å². The van der Waals surface area contributed by atoms with E-state index in [2.05, 4.69) is 10.6 Å². The largest absolute Gasteiger partial charge is 0.366 e. The molecule has 0 heterocycles. The minimum atomic E-state index is -0.650. The lowest BCUT2D eigenvalue weighted by molar-refractivity contribution is -0.121. The smallest absolute Gasteiger partial charge is 0.248 e. The normalized spacial score (nSPS) is 11.0. The van der Waals surface area contributed by atoms with Crippen LogP contribution in [0, 0.1) is 0 Å². The lowest BCUT2D eigenvalue weighted by Crippen LogP contribution is -2.47. The minimum Gasteiger partial charge on any atom is -0.366 e. The van der Waals surface area contributed by atoms with Gasteiger partial charge in [0.15, 0.2) is 0 Å². The number of amides is 2. The molecule has 0 fully saturated rings. The molecule has 0 saturated heterocycles. The maximum Gasteiger partial charge on any atom is 0.248 e. The van der Waals surface area contributed by atoms with Crippen molar-refractivity contribution in [1.29, 1.82) is 0 Å². The maximum absolute atomic E-state index is 11.8. The summed E-state index contributed by atoms with van der Waals surface area (Å²) in [7, 11) is 1.72. The Bertz CT molecular complexity index is 424. The van der Waals surface area contributed by atoms with E-state index in [-0.39, 0.29) is 5.91 Å². The molecular formula is C12H17N3O2. The first-order chi connectivity index (χ1) is 7.86. The second-order valence-electron chi connectivity index (χ2n) is 4.27. The van der Waals surface area contributed by atoms with E-state index in [9.17, 15) is 9.59 Å². The molecular weight excluding hydrogens is 218 g/mol. The summed E-state index contributed by atoms with van der Waals surface area (Å²) in [4.78, 5) is 22.7. The Morgan fingerprint density at radius 1 is 1.18 bits per heavy atom. The molecule has 0 spiro atoms. The van der Waals surface area contributed by atoms with E-state index in [1.165, 1.54) is 0 Å². The summed E-state index contributed by atoms with van der Waals surface area (Å²) < 4.78 is 0. The number of benzene rings is 1. The van der Waals surface area contributed by atoms with Gasteiger partial charge in [-0.3, -0.25) is 9.59 Å². The molecule has 17 heavy (non-hydrogen) atoms. The lowest BCUT2D eigenvalue weighted by atomic mass is 10.0. The van der Waals surface area contributed by atoms with Crippen LogP contribution in [0.2, 0.25) is 0 Å². The first-order valence-corrected chi connectivity index (χ1v) is 5.27.